The van der Waals surface area contributed by atoms with Gasteiger partial charge in [0, 0.05) is 22.7 Å². The predicted octanol–water partition coefficient (Wildman–Crippen LogP) is 5.44. The van der Waals surface area contributed by atoms with Gasteiger partial charge in [0.05, 0.1) is 36.6 Å². The Morgan fingerprint density at radius 1 is 0.955 bits per heavy atom. The van der Waals surface area contributed by atoms with Crippen molar-refractivity contribution in [2.24, 2.45) is 4.99 Å². The van der Waals surface area contributed by atoms with Crippen LogP contribution < -0.4 is 34.4 Å². The van der Waals surface area contributed by atoms with Crippen molar-refractivity contribution < 1.29 is 19.0 Å². The molecule has 222 valence electrons. The summed E-state index contributed by atoms with van der Waals surface area (Å²) in [7, 11) is 3.13. The van der Waals surface area contributed by atoms with Crippen molar-refractivity contribution in [2.75, 3.05) is 26.1 Å². The smallest absolute Gasteiger partial charge is 0.271 e. The number of anilines is 1. The minimum absolute atomic E-state index is 0.257. The normalized spacial score (nSPS) is 14.6. The molecular weight excluding hydrogens is 574 g/mol. The highest BCUT2D eigenvalue weighted by Crippen LogP contribution is 2.38. The lowest BCUT2D eigenvalue weighted by atomic mass is 9.94. The van der Waals surface area contributed by atoms with E-state index in [9.17, 15) is 9.59 Å². The van der Waals surface area contributed by atoms with E-state index >= 15 is 0 Å². The highest BCUT2D eigenvalue weighted by molar-refractivity contribution is 7.07. The number of ether oxygens (including phenoxy) is 3. The second-order valence-electron chi connectivity index (χ2n) is 10.1. The van der Waals surface area contributed by atoms with E-state index in [4.69, 9.17) is 19.2 Å². The molecule has 0 radical (unpaired) electrons. The van der Waals surface area contributed by atoms with E-state index in [1.54, 1.807) is 37.8 Å². The summed E-state index contributed by atoms with van der Waals surface area (Å²) in [5, 5.41) is 4.91. The highest BCUT2D eigenvalue weighted by atomic mass is 32.1. The number of rotatable bonds is 8. The van der Waals surface area contributed by atoms with Gasteiger partial charge in [0.1, 0.15) is 23.3 Å². The van der Waals surface area contributed by atoms with Crippen molar-refractivity contribution in [3.05, 3.63) is 127 Å². The Labute approximate surface area is 258 Å². The molecule has 0 fully saturated rings. The number of allylic oxidation sites excluding steroid dienone is 1. The predicted molar refractivity (Wildman–Crippen MR) is 174 cm³/mol. The number of benzene rings is 4. The van der Waals surface area contributed by atoms with Crippen LogP contribution in [0.15, 0.2) is 106 Å². The Bertz CT molecular complexity index is 2100. The fourth-order valence-corrected chi connectivity index (χ4v) is 6.55. The molecule has 0 saturated heterocycles. The minimum Gasteiger partial charge on any atom is -0.497 e. The number of amides is 1. The monoisotopic (exact) mass is 605 g/mol. The Kier molecular flexibility index (Phi) is 8.04. The zero-order chi connectivity index (χ0) is 30.8. The van der Waals surface area contributed by atoms with Crippen molar-refractivity contribution >= 4 is 39.8 Å². The third-order valence-corrected chi connectivity index (χ3v) is 8.52. The number of hydrogen-bond acceptors (Lipinski definition) is 7. The van der Waals surface area contributed by atoms with E-state index in [1.807, 2.05) is 85.8 Å². The van der Waals surface area contributed by atoms with Crippen LogP contribution in [0.2, 0.25) is 0 Å². The standard InChI is InChI=1S/C35H31N3O5S/c1-5-43-28-18-15-22(25-13-9-10-14-26(25)28)19-30-34(40)38-32(27-17-16-24(41-3)20-29(27)42-4)31(21(2)36-35(38)44-30)33(39)37-23-11-7-6-8-12-23/h6-20,32H,5H2,1-4H3,(H,37,39)/b30-19-/t32-/m0/s1. The van der Waals surface area contributed by atoms with Gasteiger partial charge >= 0.3 is 0 Å². The lowest BCUT2D eigenvalue weighted by Gasteiger charge is -2.26. The van der Waals surface area contributed by atoms with Gasteiger partial charge in [-0.15, -0.1) is 0 Å². The number of carbonyl (C=O) groups is 1. The Balaban J connectivity index is 1.56. The van der Waals surface area contributed by atoms with Gasteiger partial charge in [-0.2, -0.15) is 0 Å². The molecular formula is C35H31N3O5S. The fourth-order valence-electron chi connectivity index (χ4n) is 5.51. The van der Waals surface area contributed by atoms with Crippen molar-refractivity contribution in [3.63, 3.8) is 0 Å². The molecule has 0 unspecified atom stereocenters. The SMILES string of the molecule is CCOc1ccc(/C=c2\sc3n(c2=O)[C@@H](c2ccc(OC)cc2OC)C(C(=O)Nc2ccccc2)=C(C)N=3)c2ccccc12. The van der Waals surface area contributed by atoms with Gasteiger partial charge in [-0.05, 0) is 61.2 Å². The number of hydrogen-bond donors (Lipinski definition) is 1. The maximum atomic E-state index is 14.3. The molecule has 0 bridgehead atoms. The molecule has 1 amide bonds. The maximum Gasteiger partial charge on any atom is 0.271 e. The highest BCUT2D eigenvalue weighted by Gasteiger charge is 2.34. The third kappa shape index (κ3) is 5.26. The van der Waals surface area contributed by atoms with Gasteiger partial charge in [0.25, 0.3) is 11.5 Å². The summed E-state index contributed by atoms with van der Waals surface area (Å²) in [5.41, 5.74) is 2.76. The van der Waals surface area contributed by atoms with Gasteiger partial charge in [-0.1, -0.05) is 59.9 Å². The van der Waals surface area contributed by atoms with E-state index in [-0.39, 0.29) is 11.5 Å². The first kappa shape index (κ1) is 28.9. The van der Waals surface area contributed by atoms with Crippen LogP contribution in [0.25, 0.3) is 16.8 Å². The van der Waals surface area contributed by atoms with E-state index in [2.05, 4.69) is 5.32 Å². The van der Waals surface area contributed by atoms with E-state index in [0.717, 1.165) is 22.1 Å². The first-order chi connectivity index (χ1) is 21.4. The second-order valence-corrected chi connectivity index (χ2v) is 11.2. The van der Waals surface area contributed by atoms with Gasteiger partial charge < -0.3 is 19.5 Å². The van der Waals surface area contributed by atoms with Crippen LogP contribution in [-0.4, -0.2) is 31.3 Å². The van der Waals surface area contributed by atoms with Crippen molar-refractivity contribution in [1.82, 2.24) is 4.57 Å². The van der Waals surface area contributed by atoms with Crippen LogP contribution >= 0.6 is 11.3 Å². The van der Waals surface area contributed by atoms with Crippen LogP contribution in [-0.2, 0) is 4.79 Å². The van der Waals surface area contributed by atoms with E-state index in [1.165, 1.54) is 11.3 Å². The second kappa shape index (κ2) is 12.2. The number of aromatic nitrogens is 1. The maximum absolute atomic E-state index is 14.3. The summed E-state index contributed by atoms with van der Waals surface area (Å²) in [6.45, 7) is 4.30. The van der Waals surface area contributed by atoms with Crippen molar-refractivity contribution in [3.8, 4) is 17.2 Å². The molecule has 1 N–H and O–H groups in total. The average Bonchev–Trinajstić information content (AvgIpc) is 3.35. The molecule has 9 heteroatoms. The molecule has 5 aromatic rings. The molecule has 1 aliphatic rings. The molecule has 1 aromatic heterocycles. The first-order valence-electron chi connectivity index (χ1n) is 14.2. The van der Waals surface area contributed by atoms with Gasteiger partial charge in [-0.25, -0.2) is 4.99 Å². The molecule has 2 heterocycles. The molecule has 0 aliphatic carbocycles. The summed E-state index contributed by atoms with van der Waals surface area (Å²) in [6.07, 6.45) is 1.88. The molecule has 0 spiro atoms. The number of fused-ring (bicyclic) bond motifs is 2. The minimum atomic E-state index is -0.796. The van der Waals surface area contributed by atoms with E-state index in [0.29, 0.717) is 50.0 Å². The fraction of sp³-hybridized carbons (Fsp3) is 0.171. The summed E-state index contributed by atoms with van der Waals surface area (Å²) >= 11 is 1.29. The molecule has 0 saturated carbocycles. The number of nitrogens with one attached hydrogen (secondary N) is 1. The van der Waals surface area contributed by atoms with Crippen LogP contribution in [0.5, 0.6) is 17.2 Å². The lowest BCUT2D eigenvalue weighted by molar-refractivity contribution is -0.113. The number of para-hydroxylation sites is 1. The van der Waals surface area contributed by atoms with Gasteiger partial charge in [0.15, 0.2) is 4.80 Å². The van der Waals surface area contributed by atoms with Gasteiger partial charge in [-0.3, -0.25) is 14.2 Å². The van der Waals surface area contributed by atoms with Crippen molar-refractivity contribution in [2.45, 2.75) is 19.9 Å². The van der Waals surface area contributed by atoms with Crippen LogP contribution in [0.3, 0.4) is 0 Å². The number of carbonyl (C=O) groups excluding carboxylic acids is 1. The van der Waals surface area contributed by atoms with E-state index < -0.39 is 6.04 Å². The van der Waals surface area contributed by atoms with Crippen LogP contribution in [0.1, 0.15) is 31.0 Å². The molecule has 44 heavy (non-hydrogen) atoms. The summed E-state index contributed by atoms with van der Waals surface area (Å²) in [4.78, 5) is 33.5. The Hall–Kier alpha value is -5.15. The Morgan fingerprint density at radius 2 is 1.70 bits per heavy atom. The summed E-state index contributed by atoms with van der Waals surface area (Å²) < 4.78 is 19.1. The topological polar surface area (TPSA) is 91.1 Å². The molecule has 4 aromatic carbocycles. The molecule has 1 aliphatic heterocycles. The summed E-state index contributed by atoms with van der Waals surface area (Å²) in [6, 6.07) is 25.6. The average molecular weight is 606 g/mol. The third-order valence-electron chi connectivity index (χ3n) is 7.54. The number of nitrogens with zero attached hydrogens (tertiary/aromatic N) is 2. The summed E-state index contributed by atoms with van der Waals surface area (Å²) in [5.74, 6) is 1.52. The largest absolute Gasteiger partial charge is 0.497 e. The number of thiazole rings is 1. The zero-order valence-corrected chi connectivity index (χ0v) is 25.6. The quantitative estimate of drug-likeness (QED) is 0.254. The number of methoxy groups -OCH3 is 2. The molecule has 8 nitrogen and oxygen atoms in total. The van der Waals surface area contributed by atoms with Crippen LogP contribution in [0, 0.1) is 0 Å². The first-order valence-corrected chi connectivity index (χ1v) is 15.0. The van der Waals surface area contributed by atoms with Crippen LogP contribution in [0.4, 0.5) is 5.69 Å². The van der Waals surface area contributed by atoms with Crippen molar-refractivity contribution in [1.29, 1.82) is 0 Å². The van der Waals surface area contributed by atoms with Gasteiger partial charge in [0.2, 0.25) is 0 Å². The lowest BCUT2D eigenvalue weighted by Crippen LogP contribution is -2.40. The molecule has 1 atom stereocenters. The Morgan fingerprint density at radius 3 is 2.43 bits per heavy atom. The molecule has 6 rings (SSSR count). The zero-order valence-electron chi connectivity index (χ0n) is 24.8.